The highest BCUT2D eigenvalue weighted by Crippen LogP contribution is 2.19. The van der Waals surface area contributed by atoms with E-state index in [1.54, 1.807) is 24.0 Å². The zero-order valence-corrected chi connectivity index (χ0v) is 17.9. The van der Waals surface area contributed by atoms with Gasteiger partial charge < -0.3 is 20.6 Å². The Morgan fingerprint density at radius 3 is 2.71 bits per heavy atom. The highest BCUT2D eigenvalue weighted by atomic mass is 19.4. The minimum Gasteiger partial charge on any atom is -0.475 e. The summed E-state index contributed by atoms with van der Waals surface area (Å²) in [5, 5.41) is 30.6. The van der Waals surface area contributed by atoms with Gasteiger partial charge in [-0.05, 0) is 19.0 Å². The first-order valence-corrected chi connectivity index (χ1v) is 9.95. The standard InChI is InChI=1S/C17H19N9O.C2HF3O2/c1-24-11-14(13(9-18)23-24)21-17(27)12-10-20-26-7-3-15(22-16(12)26)25-6-2-4-19-5-8-25;3-2(4,5)1(6)7/h3,7,10-11,19H,2,4-6,8H2,1H3,(H,21,27);(H,6,7). The number of carboxylic acid groups (broad SMARTS) is 1. The maximum Gasteiger partial charge on any atom is 0.490 e. The van der Waals surface area contributed by atoms with E-state index < -0.39 is 12.1 Å². The summed E-state index contributed by atoms with van der Waals surface area (Å²) in [6.45, 7) is 3.66. The molecule has 12 nitrogen and oxygen atoms in total. The second kappa shape index (κ2) is 10.2. The number of halogens is 3. The molecule has 0 aromatic carbocycles. The third kappa shape index (κ3) is 5.78. The molecule has 0 spiro atoms. The summed E-state index contributed by atoms with van der Waals surface area (Å²) in [5.74, 6) is -2.32. The van der Waals surface area contributed by atoms with Crippen molar-refractivity contribution in [3.63, 3.8) is 0 Å². The number of aliphatic carboxylic acids is 1. The topological polar surface area (TPSA) is 153 Å². The van der Waals surface area contributed by atoms with Crippen molar-refractivity contribution in [2.45, 2.75) is 12.6 Å². The first-order valence-electron chi connectivity index (χ1n) is 9.95. The molecule has 3 aromatic heterocycles. The predicted octanol–water partition coefficient (Wildman–Crippen LogP) is 1.02. The molecule has 1 amide bonds. The number of nitriles is 1. The molecular weight excluding hydrogens is 459 g/mol. The van der Waals surface area contributed by atoms with Crippen LogP contribution in [0.4, 0.5) is 24.7 Å². The summed E-state index contributed by atoms with van der Waals surface area (Å²) in [6, 6.07) is 3.87. The monoisotopic (exact) mass is 479 g/mol. The summed E-state index contributed by atoms with van der Waals surface area (Å²) in [7, 11) is 1.69. The fraction of sp³-hybridized carbons (Fsp3) is 0.368. The number of carbonyl (C=O) groups is 2. The van der Waals surface area contributed by atoms with E-state index >= 15 is 0 Å². The summed E-state index contributed by atoms with van der Waals surface area (Å²) in [4.78, 5) is 28.5. The Labute approximate surface area is 190 Å². The average Bonchev–Trinajstić information content (AvgIpc) is 3.24. The van der Waals surface area contributed by atoms with Crippen molar-refractivity contribution in [2.75, 3.05) is 36.4 Å². The highest BCUT2D eigenvalue weighted by molar-refractivity contribution is 6.08. The number of hydrogen-bond acceptors (Lipinski definition) is 8. The lowest BCUT2D eigenvalue weighted by Crippen LogP contribution is -2.28. The number of aryl methyl sites for hydroxylation is 1. The molecule has 1 fully saturated rings. The average molecular weight is 479 g/mol. The SMILES string of the molecule is Cn1cc(NC(=O)c2cnn3ccc(N4CCCNCC4)nc23)c(C#N)n1.O=C(O)C(F)(F)F. The number of nitrogens with one attached hydrogen (secondary N) is 2. The van der Waals surface area contributed by atoms with E-state index in [0.29, 0.717) is 16.9 Å². The van der Waals surface area contributed by atoms with Gasteiger partial charge in [0.1, 0.15) is 17.5 Å². The molecular formula is C19H20F3N9O3. The van der Waals surface area contributed by atoms with E-state index in [2.05, 4.69) is 30.7 Å². The maximum absolute atomic E-state index is 12.7. The van der Waals surface area contributed by atoms with E-state index in [0.717, 1.165) is 38.4 Å². The lowest BCUT2D eigenvalue weighted by Gasteiger charge is -2.20. The van der Waals surface area contributed by atoms with Crippen LogP contribution < -0.4 is 15.5 Å². The molecule has 3 N–H and O–H groups in total. The number of alkyl halides is 3. The van der Waals surface area contributed by atoms with Crippen LogP contribution >= 0.6 is 0 Å². The van der Waals surface area contributed by atoms with Crippen LogP contribution in [0.25, 0.3) is 5.65 Å². The van der Waals surface area contributed by atoms with Gasteiger partial charge in [-0.15, -0.1) is 0 Å². The lowest BCUT2D eigenvalue weighted by atomic mass is 10.3. The largest absolute Gasteiger partial charge is 0.490 e. The van der Waals surface area contributed by atoms with E-state index in [1.165, 1.54) is 10.9 Å². The van der Waals surface area contributed by atoms with Crippen molar-refractivity contribution in [3.8, 4) is 6.07 Å². The van der Waals surface area contributed by atoms with Crippen LogP contribution in [0.3, 0.4) is 0 Å². The summed E-state index contributed by atoms with van der Waals surface area (Å²) < 4.78 is 34.8. The fourth-order valence-corrected chi connectivity index (χ4v) is 3.12. The number of amides is 1. The van der Waals surface area contributed by atoms with Crippen LogP contribution in [0.15, 0.2) is 24.7 Å². The van der Waals surface area contributed by atoms with Crippen molar-refractivity contribution >= 4 is 29.0 Å². The van der Waals surface area contributed by atoms with E-state index in [-0.39, 0.29) is 11.6 Å². The molecule has 15 heteroatoms. The predicted molar refractivity (Wildman–Crippen MR) is 112 cm³/mol. The van der Waals surface area contributed by atoms with Crippen LogP contribution in [0.2, 0.25) is 0 Å². The minimum atomic E-state index is -5.08. The van der Waals surface area contributed by atoms with E-state index in [4.69, 9.17) is 15.2 Å². The zero-order chi connectivity index (χ0) is 24.9. The van der Waals surface area contributed by atoms with Crippen molar-refractivity contribution in [3.05, 3.63) is 35.9 Å². The number of anilines is 2. The Bertz CT molecular complexity index is 1220. The molecule has 34 heavy (non-hydrogen) atoms. The molecule has 0 saturated carbocycles. The van der Waals surface area contributed by atoms with Gasteiger partial charge in [0, 0.05) is 39.1 Å². The first-order chi connectivity index (χ1) is 16.1. The number of rotatable bonds is 3. The van der Waals surface area contributed by atoms with Gasteiger partial charge in [-0.2, -0.15) is 28.6 Å². The number of fused-ring (bicyclic) bond motifs is 1. The van der Waals surface area contributed by atoms with E-state index in [9.17, 15) is 18.0 Å². The number of carbonyl (C=O) groups excluding carboxylic acids is 1. The number of hydrogen-bond donors (Lipinski definition) is 3. The molecule has 180 valence electrons. The Morgan fingerprint density at radius 1 is 1.29 bits per heavy atom. The molecule has 0 radical (unpaired) electrons. The Morgan fingerprint density at radius 2 is 2.03 bits per heavy atom. The van der Waals surface area contributed by atoms with Gasteiger partial charge >= 0.3 is 12.1 Å². The lowest BCUT2D eigenvalue weighted by molar-refractivity contribution is -0.192. The summed E-state index contributed by atoms with van der Waals surface area (Å²) in [5.41, 5.74) is 1.34. The molecule has 1 saturated heterocycles. The molecule has 1 aliphatic heterocycles. The number of aromatic nitrogens is 5. The van der Waals surface area contributed by atoms with Crippen LogP contribution in [-0.4, -0.2) is 73.7 Å². The fourth-order valence-electron chi connectivity index (χ4n) is 3.12. The summed E-state index contributed by atoms with van der Waals surface area (Å²) in [6.07, 6.45) is 0.827. The molecule has 4 rings (SSSR count). The van der Waals surface area contributed by atoms with Crippen LogP contribution in [0.1, 0.15) is 22.5 Å². The summed E-state index contributed by atoms with van der Waals surface area (Å²) >= 11 is 0. The maximum atomic E-state index is 12.7. The Kier molecular flexibility index (Phi) is 7.31. The van der Waals surface area contributed by atoms with Gasteiger partial charge in [-0.25, -0.2) is 14.3 Å². The van der Waals surface area contributed by atoms with Crippen LogP contribution in [0.5, 0.6) is 0 Å². The zero-order valence-electron chi connectivity index (χ0n) is 17.9. The van der Waals surface area contributed by atoms with Gasteiger partial charge in [0.15, 0.2) is 11.3 Å². The Balaban J connectivity index is 0.000000406. The molecule has 1 aliphatic rings. The van der Waals surface area contributed by atoms with Crippen molar-refractivity contribution < 1.29 is 27.9 Å². The van der Waals surface area contributed by atoms with Gasteiger partial charge in [0.2, 0.25) is 0 Å². The number of nitrogens with zero attached hydrogens (tertiary/aromatic N) is 7. The molecule has 0 atom stereocenters. The van der Waals surface area contributed by atoms with E-state index in [1.807, 2.05) is 12.1 Å². The van der Waals surface area contributed by atoms with Gasteiger partial charge in [0.05, 0.1) is 11.9 Å². The second-order valence-electron chi connectivity index (χ2n) is 7.14. The molecule has 0 bridgehead atoms. The molecule has 4 heterocycles. The van der Waals surface area contributed by atoms with Crippen LogP contribution in [-0.2, 0) is 11.8 Å². The third-order valence-corrected chi connectivity index (χ3v) is 4.69. The molecule has 0 aliphatic carbocycles. The first kappa shape index (κ1) is 24.5. The molecule has 3 aromatic rings. The van der Waals surface area contributed by atoms with Crippen molar-refractivity contribution in [1.29, 1.82) is 5.26 Å². The van der Waals surface area contributed by atoms with Gasteiger partial charge in [-0.1, -0.05) is 0 Å². The number of carboxylic acids is 1. The minimum absolute atomic E-state index is 0.160. The van der Waals surface area contributed by atoms with Crippen LogP contribution in [0, 0.1) is 11.3 Å². The Hall–Kier alpha value is -4.19. The second-order valence-corrected chi connectivity index (χ2v) is 7.14. The normalized spacial score (nSPS) is 14.0. The van der Waals surface area contributed by atoms with Crippen molar-refractivity contribution in [2.24, 2.45) is 7.05 Å². The van der Waals surface area contributed by atoms with Gasteiger partial charge in [-0.3, -0.25) is 9.48 Å². The highest BCUT2D eigenvalue weighted by Gasteiger charge is 2.38. The quantitative estimate of drug-likeness (QED) is 0.500. The van der Waals surface area contributed by atoms with Gasteiger partial charge in [0.25, 0.3) is 5.91 Å². The third-order valence-electron chi connectivity index (χ3n) is 4.69. The van der Waals surface area contributed by atoms with Crippen molar-refractivity contribution in [1.82, 2.24) is 29.7 Å². The molecule has 0 unspecified atom stereocenters. The smallest absolute Gasteiger partial charge is 0.475 e.